The fourth-order valence-electron chi connectivity index (χ4n) is 3.65. The summed E-state index contributed by atoms with van der Waals surface area (Å²) in [5, 5.41) is 15.3. The van der Waals surface area contributed by atoms with Crippen molar-refractivity contribution in [3.63, 3.8) is 0 Å². The number of hydrogen-bond acceptors (Lipinski definition) is 4. The Bertz CT molecular complexity index is 1080. The number of halogens is 1. The highest BCUT2D eigenvalue weighted by molar-refractivity contribution is 6.36. The zero-order chi connectivity index (χ0) is 18.5. The van der Waals surface area contributed by atoms with Gasteiger partial charge < -0.3 is 10.4 Å². The second-order valence-corrected chi connectivity index (χ2v) is 7.44. The minimum Gasteiger partial charge on any atom is -0.465 e. The van der Waals surface area contributed by atoms with Crippen molar-refractivity contribution < 1.29 is 9.90 Å². The van der Waals surface area contributed by atoms with Gasteiger partial charge in [0, 0.05) is 35.9 Å². The molecule has 2 N–H and O–H groups in total. The maximum atomic E-state index is 11.4. The molecule has 1 aliphatic carbocycles. The van der Waals surface area contributed by atoms with E-state index in [1.165, 1.54) is 17.7 Å². The lowest BCUT2D eigenvalue weighted by atomic mass is 9.98. The van der Waals surface area contributed by atoms with Crippen LogP contribution < -0.4 is 10.2 Å². The molecule has 3 aromatic rings. The number of benzene rings is 1. The van der Waals surface area contributed by atoms with Crippen molar-refractivity contribution in [1.29, 1.82) is 0 Å². The van der Waals surface area contributed by atoms with Crippen LogP contribution in [0.1, 0.15) is 18.4 Å². The van der Waals surface area contributed by atoms with Crippen molar-refractivity contribution in [3.05, 3.63) is 47.4 Å². The Balaban J connectivity index is 1.62. The molecule has 0 unspecified atom stereocenters. The molecule has 0 bridgehead atoms. The van der Waals surface area contributed by atoms with Crippen molar-refractivity contribution in [2.75, 3.05) is 16.8 Å². The molecule has 1 aliphatic heterocycles. The molecule has 0 saturated heterocycles. The monoisotopic (exact) mass is 380 g/mol. The average molecular weight is 381 g/mol. The molecule has 5 rings (SSSR count). The van der Waals surface area contributed by atoms with Crippen LogP contribution in [0.4, 0.5) is 16.3 Å². The van der Waals surface area contributed by atoms with Gasteiger partial charge in [0.25, 0.3) is 0 Å². The highest BCUT2D eigenvalue weighted by Gasteiger charge is 2.27. The number of carboxylic acid groups (broad SMARTS) is 1. The third-order valence-electron chi connectivity index (χ3n) is 5.17. The number of fused-ring (bicyclic) bond motifs is 2. The van der Waals surface area contributed by atoms with Crippen molar-refractivity contribution in [1.82, 2.24) is 9.97 Å². The molecular formula is C20H17ClN4O2. The molecule has 1 amide bonds. The van der Waals surface area contributed by atoms with E-state index in [9.17, 15) is 9.90 Å². The van der Waals surface area contributed by atoms with Crippen LogP contribution >= 0.6 is 11.6 Å². The van der Waals surface area contributed by atoms with Gasteiger partial charge in [0.05, 0.1) is 16.9 Å². The van der Waals surface area contributed by atoms with E-state index in [1.54, 1.807) is 18.6 Å². The van der Waals surface area contributed by atoms with E-state index in [0.29, 0.717) is 29.7 Å². The molecule has 6 nitrogen and oxygen atoms in total. The van der Waals surface area contributed by atoms with Gasteiger partial charge in [0.1, 0.15) is 5.82 Å². The van der Waals surface area contributed by atoms with Gasteiger partial charge in [0.2, 0.25) is 0 Å². The molecule has 3 heterocycles. The summed E-state index contributed by atoms with van der Waals surface area (Å²) in [5.41, 5.74) is 3.51. The first kappa shape index (κ1) is 16.3. The number of nitrogens with zero attached hydrogens (tertiary/aromatic N) is 3. The number of amides is 1. The Morgan fingerprint density at radius 1 is 1.22 bits per heavy atom. The van der Waals surface area contributed by atoms with Crippen LogP contribution in [-0.4, -0.2) is 33.8 Å². The fraction of sp³-hybridized carbons (Fsp3) is 0.250. The summed E-state index contributed by atoms with van der Waals surface area (Å²) >= 11 is 6.53. The van der Waals surface area contributed by atoms with Crippen molar-refractivity contribution in [2.45, 2.75) is 25.3 Å². The highest BCUT2D eigenvalue weighted by atomic mass is 35.5. The van der Waals surface area contributed by atoms with Crippen LogP contribution in [0, 0.1) is 0 Å². The number of pyridine rings is 2. The smallest absolute Gasteiger partial charge is 0.411 e. The highest BCUT2D eigenvalue weighted by Crippen LogP contribution is 2.38. The molecule has 0 atom stereocenters. The molecule has 136 valence electrons. The summed E-state index contributed by atoms with van der Waals surface area (Å²) in [6.07, 6.45) is 7.28. The Labute approximate surface area is 160 Å². The third kappa shape index (κ3) is 2.86. The number of carbonyl (C=O) groups is 1. The quantitative estimate of drug-likeness (QED) is 0.696. The van der Waals surface area contributed by atoms with Crippen molar-refractivity contribution in [3.8, 4) is 11.1 Å². The minimum atomic E-state index is -0.953. The first-order valence-electron chi connectivity index (χ1n) is 8.94. The number of hydrogen-bond donors (Lipinski definition) is 2. The summed E-state index contributed by atoms with van der Waals surface area (Å²) < 4.78 is 0. The number of aromatic nitrogens is 2. The van der Waals surface area contributed by atoms with Crippen LogP contribution in [0.2, 0.25) is 5.02 Å². The Kier molecular flexibility index (Phi) is 3.68. The summed E-state index contributed by atoms with van der Waals surface area (Å²) in [4.78, 5) is 21.5. The molecule has 0 spiro atoms. The van der Waals surface area contributed by atoms with E-state index in [0.717, 1.165) is 33.3 Å². The Morgan fingerprint density at radius 2 is 2.07 bits per heavy atom. The van der Waals surface area contributed by atoms with Crippen LogP contribution in [-0.2, 0) is 6.42 Å². The van der Waals surface area contributed by atoms with E-state index < -0.39 is 6.09 Å². The van der Waals surface area contributed by atoms with Crippen LogP contribution in [0.25, 0.3) is 21.9 Å². The van der Waals surface area contributed by atoms with Gasteiger partial charge in [-0.25, -0.2) is 9.78 Å². The molecule has 2 aromatic heterocycles. The van der Waals surface area contributed by atoms with Gasteiger partial charge in [-0.15, -0.1) is 0 Å². The summed E-state index contributed by atoms with van der Waals surface area (Å²) in [6.45, 7) is 0.448. The summed E-state index contributed by atoms with van der Waals surface area (Å²) in [5.74, 6) is 0.853. The molecule has 7 heteroatoms. The Morgan fingerprint density at radius 3 is 2.85 bits per heavy atom. The molecule has 27 heavy (non-hydrogen) atoms. The van der Waals surface area contributed by atoms with E-state index in [1.807, 2.05) is 12.1 Å². The molecule has 1 aromatic carbocycles. The van der Waals surface area contributed by atoms with Gasteiger partial charge >= 0.3 is 6.09 Å². The van der Waals surface area contributed by atoms with Crippen molar-refractivity contribution in [2.24, 2.45) is 0 Å². The van der Waals surface area contributed by atoms with Crippen LogP contribution in [0.3, 0.4) is 0 Å². The number of nitrogens with one attached hydrogen (secondary N) is 1. The van der Waals surface area contributed by atoms with E-state index in [2.05, 4.69) is 21.4 Å². The maximum Gasteiger partial charge on any atom is 0.411 e. The average Bonchev–Trinajstić information content (AvgIpc) is 3.35. The van der Waals surface area contributed by atoms with Gasteiger partial charge in [-0.3, -0.25) is 9.88 Å². The normalized spacial score (nSPS) is 15.8. The topological polar surface area (TPSA) is 78.3 Å². The van der Waals surface area contributed by atoms with Crippen molar-refractivity contribution >= 4 is 40.0 Å². The third-order valence-corrected chi connectivity index (χ3v) is 5.48. The van der Waals surface area contributed by atoms with E-state index in [4.69, 9.17) is 11.6 Å². The zero-order valence-electron chi connectivity index (χ0n) is 14.4. The van der Waals surface area contributed by atoms with Gasteiger partial charge in [-0.05, 0) is 54.0 Å². The second-order valence-electron chi connectivity index (χ2n) is 7.04. The predicted molar refractivity (Wildman–Crippen MR) is 106 cm³/mol. The van der Waals surface area contributed by atoms with E-state index in [-0.39, 0.29) is 0 Å². The summed E-state index contributed by atoms with van der Waals surface area (Å²) in [7, 11) is 0. The van der Waals surface area contributed by atoms with Crippen LogP contribution in [0.15, 0.2) is 36.8 Å². The Hall–Kier alpha value is -2.86. The second kappa shape index (κ2) is 6.09. The van der Waals surface area contributed by atoms with Gasteiger partial charge in [-0.2, -0.15) is 0 Å². The molecule has 1 saturated carbocycles. The standard InChI is InChI=1S/C20H17ClN4O2/c21-17-6-11(5-12-7-19(23-9-16(12)17)24-13-1-2-13)15-8-22-10-18-14(15)3-4-25(18)20(26)27/h5-10,13H,1-4H2,(H,23,24)(H,26,27). The first-order valence-corrected chi connectivity index (χ1v) is 9.31. The summed E-state index contributed by atoms with van der Waals surface area (Å²) in [6, 6.07) is 6.52. The SMILES string of the molecule is O=C(O)N1CCc2c(-c3cc(Cl)c4cnc(NC5CC5)cc4c3)cncc21. The lowest BCUT2D eigenvalue weighted by Crippen LogP contribution is -2.26. The predicted octanol–water partition coefficient (Wildman–Crippen LogP) is 4.57. The zero-order valence-corrected chi connectivity index (χ0v) is 15.2. The number of anilines is 2. The molecule has 1 fully saturated rings. The lowest BCUT2D eigenvalue weighted by Gasteiger charge is -2.14. The molecule has 0 radical (unpaired) electrons. The number of rotatable bonds is 3. The molecular weight excluding hydrogens is 364 g/mol. The van der Waals surface area contributed by atoms with Crippen LogP contribution in [0.5, 0.6) is 0 Å². The lowest BCUT2D eigenvalue weighted by molar-refractivity contribution is 0.202. The molecule has 2 aliphatic rings. The minimum absolute atomic E-state index is 0.448. The van der Waals surface area contributed by atoms with E-state index >= 15 is 0 Å². The maximum absolute atomic E-state index is 11.4. The van der Waals surface area contributed by atoms with Gasteiger partial charge in [-0.1, -0.05) is 11.6 Å². The largest absolute Gasteiger partial charge is 0.465 e. The van der Waals surface area contributed by atoms with Gasteiger partial charge in [0.15, 0.2) is 0 Å². The first-order chi connectivity index (χ1) is 13.1. The fourth-order valence-corrected chi connectivity index (χ4v) is 3.92.